The lowest BCUT2D eigenvalue weighted by Gasteiger charge is -2.04. The zero-order chi connectivity index (χ0) is 14.3. The van der Waals surface area contributed by atoms with Gasteiger partial charge in [0, 0.05) is 11.1 Å². The van der Waals surface area contributed by atoms with Gasteiger partial charge in [-0.2, -0.15) is 0 Å². The Morgan fingerprint density at radius 3 is 2.26 bits per heavy atom. The molecule has 0 bridgehead atoms. The van der Waals surface area contributed by atoms with E-state index in [1.54, 1.807) is 6.92 Å². The number of carboxylic acid groups (broad SMARTS) is 1. The summed E-state index contributed by atoms with van der Waals surface area (Å²) >= 11 is 0. The highest BCUT2D eigenvalue weighted by molar-refractivity contribution is 5.89. The molecule has 0 radical (unpaired) electrons. The fourth-order valence-electron chi connectivity index (χ4n) is 1.23. The molecular weight excluding hydrogens is 244 g/mol. The molecule has 0 spiro atoms. The number of esters is 1. The Bertz CT molecular complexity index is 512. The van der Waals surface area contributed by atoms with Gasteiger partial charge in [0.1, 0.15) is 6.61 Å². The van der Waals surface area contributed by atoms with Crippen LogP contribution in [-0.4, -0.2) is 17.0 Å². The molecule has 1 aromatic rings. The molecule has 4 nitrogen and oxygen atoms in total. The summed E-state index contributed by atoms with van der Waals surface area (Å²) in [5.74, 6) is -1.47. The maximum atomic E-state index is 11.6. The zero-order valence-electron chi connectivity index (χ0n) is 10.9. The highest BCUT2D eigenvalue weighted by Gasteiger charge is 2.05. The molecule has 0 atom stereocenters. The van der Waals surface area contributed by atoms with Crippen LogP contribution in [0.1, 0.15) is 19.4 Å². The Labute approximate surface area is 112 Å². The van der Waals surface area contributed by atoms with Crippen molar-refractivity contribution < 1.29 is 19.4 Å². The number of carbonyl (C=O) groups excluding carboxylic acids is 1. The van der Waals surface area contributed by atoms with Gasteiger partial charge in [0.2, 0.25) is 0 Å². The molecule has 0 heterocycles. The van der Waals surface area contributed by atoms with E-state index in [0.29, 0.717) is 5.57 Å². The number of ether oxygens (including phenoxy) is 1. The normalized spacial score (nSPS) is 12.1. The molecule has 100 valence electrons. The van der Waals surface area contributed by atoms with E-state index in [1.807, 2.05) is 30.3 Å². The Balaban J connectivity index is 2.56. The third-order valence-electron chi connectivity index (χ3n) is 2.46. The standard InChI is InChI=1S/C15H16O4/c1-11(14(16)17)8-9-12(2)15(18)19-10-13-6-4-3-5-7-13/h3-9H,10H2,1-2H3,(H,16,17). The van der Waals surface area contributed by atoms with Gasteiger partial charge in [-0.15, -0.1) is 0 Å². The number of benzene rings is 1. The van der Waals surface area contributed by atoms with Crippen LogP contribution in [0.4, 0.5) is 0 Å². The number of carbonyl (C=O) groups is 2. The summed E-state index contributed by atoms with van der Waals surface area (Å²) in [6.07, 6.45) is 2.82. The molecule has 4 heteroatoms. The number of aliphatic carboxylic acids is 1. The van der Waals surface area contributed by atoms with Crippen molar-refractivity contribution in [1.29, 1.82) is 0 Å². The van der Waals surface area contributed by atoms with E-state index in [4.69, 9.17) is 9.84 Å². The van der Waals surface area contributed by atoms with E-state index in [0.717, 1.165) is 5.56 Å². The average Bonchev–Trinajstić information content (AvgIpc) is 2.42. The van der Waals surface area contributed by atoms with Crippen LogP contribution in [0.15, 0.2) is 53.6 Å². The first kappa shape index (κ1) is 14.7. The maximum absolute atomic E-state index is 11.6. The average molecular weight is 260 g/mol. The highest BCUT2D eigenvalue weighted by atomic mass is 16.5. The van der Waals surface area contributed by atoms with Crippen LogP contribution in [0.2, 0.25) is 0 Å². The molecule has 19 heavy (non-hydrogen) atoms. The van der Waals surface area contributed by atoms with Crippen molar-refractivity contribution >= 4 is 11.9 Å². The van der Waals surface area contributed by atoms with E-state index in [-0.39, 0.29) is 12.2 Å². The molecule has 0 aliphatic heterocycles. The molecule has 0 fully saturated rings. The van der Waals surface area contributed by atoms with Gasteiger partial charge in [0.15, 0.2) is 0 Å². The van der Waals surface area contributed by atoms with Crippen LogP contribution in [0, 0.1) is 0 Å². The summed E-state index contributed by atoms with van der Waals surface area (Å²) in [6, 6.07) is 9.34. The zero-order valence-corrected chi connectivity index (χ0v) is 10.9. The molecule has 0 aliphatic rings. The van der Waals surface area contributed by atoms with Crippen molar-refractivity contribution in [3.8, 4) is 0 Å². The van der Waals surface area contributed by atoms with Gasteiger partial charge in [-0.1, -0.05) is 42.5 Å². The van der Waals surface area contributed by atoms with Gasteiger partial charge in [0.25, 0.3) is 0 Å². The number of carboxylic acids is 1. The molecular formula is C15H16O4. The van der Waals surface area contributed by atoms with Gasteiger partial charge in [-0.25, -0.2) is 9.59 Å². The first-order chi connectivity index (χ1) is 9.00. The van der Waals surface area contributed by atoms with E-state index in [1.165, 1.54) is 19.1 Å². The van der Waals surface area contributed by atoms with Crippen LogP contribution in [0.5, 0.6) is 0 Å². The van der Waals surface area contributed by atoms with Crippen LogP contribution < -0.4 is 0 Å². The largest absolute Gasteiger partial charge is 0.478 e. The molecule has 1 N–H and O–H groups in total. The van der Waals surface area contributed by atoms with Crippen molar-refractivity contribution in [3.05, 3.63) is 59.2 Å². The first-order valence-electron chi connectivity index (χ1n) is 5.80. The smallest absolute Gasteiger partial charge is 0.334 e. The quantitative estimate of drug-likeness (QED) is 0.502. The van der Waals surface area contributed by atoms with Crippen LogP contribution in [-0.2, 0) is 20.9 Å². The fraction of sp³-hybridized carbons (Fsp3) is 0.200. The van der Waals surface area contributed by atoms with Crippen LogP contribution in [0.25, 0.3) is 0 Å². The summed E-state index contributed by atoms with van der Waals surface area (Å²) in [7, 11) is 0. The highest BCUT2D eigenvalue weighted by Crippen LogP contribution is 2.05. The predicted molar refractivity (Wildman–Crippen MR) is 71.4 cm³/mol. The molecule has 0 saturated carbocycles. The van der Waals surface area contributed by atoms with Gasteiger partial charge in [0.05, 0.1) is 0 Å². The summed E-state index contributed by atoms with van der Waals surface area (Å²) in [4.78, 5) is 22.2. The Hall–Kier alpha value is -2.36. The fourth-order valence-corrected chi connectivity index (χ4v) is 1.23. The Morgan fingerprint density at radius 1 is 1.11 bits per heavy atom. The van der Waals surface area contributed by atoms with Crippen LogP contribution >= 0.6 is 0 Å². The Kier molecular flexibility index (Phi) is 5.54. The van der Waals surface area contributed by atoms with Crippen molar-refractivity contribution in [1.82, 2.24) is 0 Å². The van der Waals surface area contributed by atoms with E-state index in [9.17, 15) is 9.59 Å². The lowest BCUT2D eigenvalue weighted by atomic mass is 10.2. The molecule has 0 unspecified atom stereocenters. The third kappa shape index (κ3) is 5.21. The van der Waals surface area contributed by atoms with E-state index in [2.05, 4.69) is 0 Å². The van der Waals surface area contributed by atoms with Crippen LogP contribution in [0.3, 0.4) is 0 Å². The summed E-state index contributed by atoms with van der Waals surface area (Å²) in [5.41, 5.74) is 1.42. The molecule has 0 amide bonds. The Morgan fingerprint density at radius 2 is 1.68 bits per heavy atom. The van der Waals surface area contributed by atoms with Gasteiger partial charge in [-0.3, -0.25) is 0 Å². The molecule has 1 rings (SSSR count). The van der Waals surface area contributed by atoms with Crippen molar-refractivity contribution in [2.45, 2.75) is 20.5 Å². The van der Waals surface area contributed by atoms with Gasteiger partial charge in [-0.05, 0) is 19.4 Å². The van der Waals surface area contributed by atoms with Crippen molar-refractivity contribution in [3.63, 3.8) is 0 Å². The second-order valence-electron chi connectivity index (χ2n) is 4.07. The SMILES string of the molecule is CC(=CC=C(C)C(=O)OCc1ccccc1)C(=O)O. The minimum Gasteiger partial charge on any atom is -0.478 e. The van der Waals surface area contributed by atoms with E-state index >= 15 is 0 Å². The molecule has 0 saturated heterocycles. The molecule has 0 aromatic heterocycles. The number of allylic oxidation sites excluding steroid dienone is 2. The predicted octanol–water partition coefficient (Wildman–Crippen LogP) is 2.71. The van der Waals surface area contributed by atoms with E-state index < -0.39 is 11.9 Å². The summed E-state index contributed by atoms with van der Waals surface area (Å²) in [6.45, 7) is 3.24. The molecule has 1 aromatic carbocycles. The van der Waals surface area contributed by atoms with Gasteiger partial charge >= 0.3 is 11.9 Å². The van der Waals surface area contributed by atoms with Crippen molar-refractivity contribution in [2.24, 2.45) is 0 Å². The van der Waals surface area contributed by atoms with Gasteiger partial charge < -0.3 is 9.84 Å². The van der Waals surface area contributed by atoms with Crippen molar-refractivity contribution in [2.75, 3.05) is 0 Å². The topological polar surface area (TPSA) is 63.6 Å². The monoisotopic (exact) mass is 260 g/mol. The minimum atomic E-state index is -1.01. The number of hydrogen-bond acceptors (Lipinski definition) is 3. The summed E-state index contributed by atoms with van der Waals surface area (Å²) in [5, 5.41) is 8.67. The minimum absolute atomic E-state index is 0.162. The first-order valence-corrected chi connectivity index (χ1v) is 5.80. The lowest BCUT2D eigenvalue weighted by molar-refractivity contribution is -0.140. The number of rotatable bonds is 5. The molecule has 0 aliphatic carbocycles. The number of hydrogen-bond donors (Lipinski definition) is 1. The maximum Gasteiger partial charge on any atom is 0.334 e. The summed E-state index contributed by atoms with van der Waals surface area (Å²) < 4.78 is 5.10. The lowest BCUT2D eigenvalue weighted by Crippen LogP contribution is -2.05. The second kappa shape index (κ2) is 7.16. The third-order valence-corrected chi connectivity index (χ3v) is 2.46. The second-order valence-corrected chi connectivity index (χ2v) is 4.07.